The van der Waals surface area contributed by atoms with E-state index in [2.05, 4.69) is 10.6 Å². The zero-order chi connectivity index (χ0) is 22.0. The molecule has 7 heteroatoms. The van der Waals surface area contributed by atoms with Gasteiger partial charge in [0.2, 0.25) is 5.91 Å². The van der Waals surface area contributed by atoms with Crippen LogP contribution < -0.4 is 15.4 Å². The van der Waals surface area contributed by atoms with Gasteiger partial charge in [0.15, 0.2) is 0 Å². The average Bonchev–Trinajstić information content (AvgIpc) is 2.73. The minimum absolute atomic E-state index is 0.000217. The minimum atomic E-state index is -0.503. The molecule has 2 aliphatic rings. The van der Waals surface area contributed by atoms with Crippen LogP contribution in [0.25, 0.3) is 0 Å². The van der Waals surface area contributed by atoms with Crippen molar-refractivity contribution in [3.8, 4) is 5.75 Å². The van der Waals surface area contributed by atoms with Crippen molar-refractivity contribution < 1.29 is 23.5 Å². The first-order valence-electron chi connectivity index (χ1n) is 10.5. The lowest BCUT2D eigenvalue weighted by atomic mass is 9.67. The average molecular weight is 424 g/mol. The van der Waals surface area contributed by atoms with Gasteiger partial charge in [0.1, 0.15) is 17.3 Å². The monoisotopic (exact) mass is 424 g/mol. The fraction of sp³-hybridized carbons (Fsp3) is 0.375. The Balaban J connectivity index is 1.47. The number of anilines is 2. The molecule has 0 heterocycles. The van der Waals surface area contributed by atoms with Gasteiger partial charge >= 0.3 is 0 Å². The molecule has 0 aromatic heterocycles. The van der Waals surface area contributed by atoms with E-state index in [-0.39, 0.29) is 29.2 Å². The number of Topliss-reactive ketones (excluding diaryl/α,β-unsaturated/α-hetero) is 1. The number of ketones is 1. The van der Waals surface area contributed by atoms with E-state index in [0.717, 1.165) is 25.3 Å². The van der Waals surface area contributed by atoms with Gasteiger partial charge < -0.3 is 15.4 Å². The van der Waals surface area contributed by atoms with Crippen molar-refractivity contribution in [2.75, 3.05) is 17.7 Å². The second-order valence-electron chi connectivity index (χ2n) is 8.26. The summed E-state index contributed by atoms with van der Waals surface area (Å²) in [5.74, 6) is -0.559. The molecule has 0 saturated heterocycles. The Hall–Kier alpha value is -3.22. The summed E-state index contributed by atoms with van der Waals surface area (Å²) in [6.07, 6.45) is 4.00. The molecule has 0 spiro atoms. The predicted molar refractivity (Wildman–Crippen MR) is 115 cm³/mol. The quantitative estimate of drug-likeness (QED) is 0.744. The molecule has 0 aliphatic heterocycles. The Morgan fingerprint density at radius 3 is 2.45 bits per heavy atom. The summed E-state index contributed by atoms with van der Waals surface area (Å²) in [5.41, 5.74) is 1.06. The van der Waals surface area contributed by atoms with Crippen LogP contribution in [0.15, 0.2) is 42.5 Å². The Bertz CT molecular complexity index is 1010. The fourth-order valence-corrected chi connectivity index (χ4v) is 4.65. The summed E-state index contributed by atoms with van der Waals surface area (Å²) in [6, 6.07) is 10.3. The molecular formula is C24H25FN2O4. The van der Waals surface area contributed by atoms with Crippen LogP contribution in [0.5, 0.6) is 5.75 Å². The molecule has 2 N–H and O–H groups in total. The lowest BCUT2D eigenvalue weighted by Gasteiger charge is -2.36. The molecule has 2 aliphatic carbocycles. The molecule has 3 atom stereocenters. The second-order valence-corrected chi connectivity index (χ2v) is 8.26. The molecule has 2 aromatic rings. The number of methoxy groups -OCH3 is 1. The fourth-order valence-electron chi connectivity index (χ4n) is 4.65. The molecular weight excluding hydrogens is 399 g/mol. The Morgan fingerprint density at radius 1 is 1.03 bits per heavy atom. The van der Waals surface area contributed by atoms with Gasteiger partial charge in [-0.3, -0.25) is 14.4 Å². The standard InChI is InChI=1S/C24H25FN2O4/c1-31-21-9-8-19(13-20(21)27-23(29)16-6-3-7-18(25)12-16)26-24(30)17-10-14-4-2-5-15(11-17)22(14)28/h3,6-9,12-15,17H,2,4-5,10-11H2,1H3,(H,26,30)(H,27,29)/t14-,15+,17?. The third-order valence-corrected chi connectivity index (χ3v) is 6.22. The van der Waals surface area contributed by atoms with Crippen LogP contribution in [0, 0.1) is 23.6 Å². The maximum atomic E-state index is 13.4. The van der Waals surface area contributed by atoms with Gasteiger partial charge in [-0.1, -0.05) is 12.5 Å². The summed E-state index contributed by atoms with van der Waals surface area (Å²) in [4.78, 5) is 37.7. The summed E-state index contributed by atoms with van der Waals surface area (Å²) in [5, 5.41) is 5.62. The number of nitrogens with one attached hydrogen (secondary N) is 2. The summed E-state index contributed by atoms with van der Waals surface area (Å²) < 4.78 is 18.7. The van der Waals surface area contributed by atoms with Gasteiger partial charge in [0.25, 0.3) is 5.91 Å². The van der Waals surface area contributed by atoms with Gasteiger partial charge in [-0.2, -0.15) is 0 Å². The molecule has 31 heavy (non-hydrogen) atoms. The summed E-state index contributed by atoms with van der Waals surface area (Å²) in [6.45, 7) is 0. The van der Waals surface area contributed by atoms with Crippen molar-refractivity contribution >= 4 is 29.0 Å². The lowest BCUT2D eigenvalue weighted by Crippen LogP contribution is -2.40. The zero-order valence-electron chi connectivity index (χ0n) is 17.3. The SMILES string of the molecule is COc1ccc(NC(=O)C2C[C@H]3CCC[C@@H](C2)C3=O)cc1NC(=O)c1cccc(F)c1. The van der Waals surface area contributed by atoms with Crippen LogP contribution in [-0.2, 0) is 9.59 Å². The minimum Gasteiger partial charge on any atom is -0.495 e. The number of amides is 2. The number of benzene rings is 2. The van der Waals surface area contributed by atoms with Crippen molar-refractivity contribution in [3.05, 3.63) is 53.8 Å². The number of hydrogen-bond donors (Lipinski definition) is 2. The first-order valence-corrected chi connectivity index (χ1v) is 10.5. The van der Waals surface area contributed by atoms with Crippen LogP contribution >= 0.6 is 0 Å². The maximum Gasteiger partial charge on any atom is 0.255 e. The highest BCUT2D eigenvalue weighted by Crippen LogP contribution is 2.40. The number of carbonyl (C=O) groups excluding carboxylic acids is 3. The number of halogens is 1. The van der Waals surface area contributed by atoms with E-state index in [1.165, 1.54) is 25.3 Å². The first-order chi connectivity index (χ1) is 14.9. The number of ether oxygens (including phenoxy) is 1. The first kappa shape index (κ1) is 21.0. The van der Waals surface area contributed by atoms with E-state index >= 15 is 0 Å². The number of rotatable bonds is 5. The maximum absolute atomic E-state index is 13.4. The van der Waals surface area contributed by atoms with E-state index < -0.39 is 11.7 Å². The lowest BCUT2D eigenvalue weighted by molar-refractivity contribution is -0.136. The van der Waals surface area contributed by atoms with Crippen LogP contribution in [-0.4, -0.2) is 24.7 Å². The number of carbonyl (C=O) groups is 3. The highest BCUT2D eigenvalue weighted by molar-refractivity contribution is 6.05. The van der Waals surface area contributed by atoms with E-state index in [0.29, 0.717) is 35.7 Å². The largest absolute Gasteiger partial charge is 0.495 e. The number of hydrogen-bond acceptors (Lipinski definition) is 4. The second kappa shape index (κ2) is 8.88. The van der Waals surface area contributed by atoms with Crippen LogP contribution in [0.1, 0.15) is 42.5 Å². The van der Waals surface area contributed by atoms with Gasteiger partial charge in [-0.15, -0.1) is 0 Å². The third kappa shape index (κ3) is 4.60. The molecule has 1 unspecified atom stereocenters. The highest BCUT2D eigenvalue weighted by Gasteiger charge is 2.41. The molecule has 6 nitrogen and oxygen atoms in total. The molecule has 4 rings (SSSR count). The van der Waals surface area contributed by atoms with Gasteiger partial charge in [-0.05, 0) is 62.1 Å². The Morgan fingerprint density at radius 2 is 1.77 bits per heavy atom. The molecule has 2 fully saturated rings. The summed E-state index contributed by atoms with van der Waals surface area (Å²) >= 11 is 0. The van der Waals surface area contributed by atoms with Crippen molar-refractivity contribution in [3.63, 3.8) is 0 Å². The van der Waals surface area contributed by atoms with Crippen LogP contribution in [0.2, 0.25) is 0 Å². The Kier molecular flexibility index (Phi) is 6.02. The predicted octanol–water partition coefficient (Wildman–Crippen LogP) is 4.42. The molecule has 2 aromatic carbocycles. The smallest absolute Gasteiger partial charge is 0.255 e. The topological polar surface area (TPSA) is 84.5 Å². The molecule has 0 radical (unpaired) electrons. The van der Waals surface area contributed by atoms with Crippen LogP contribution in [0.3, 0.4) is 0 Å². The third-order valence-electron chi connectivity index (χ3n) is 6.22. The Labute approximate surface area is 180 Å². The van der Waals surface area contributed by atoms with E-state index in [1.807, 2.05) is 0 Å². The molecule has 2 bridgehead atoms. The highest BCUT2D eigenvalue weighted by atomic mass is 19.1. The van der Waals surface area contributed by atoms with Crippen LogP contribution in [0.4, 0.5) is 15.8 Å². The van der Waals surface area contributed by atoms with Crippen molar-refractivity contribution in [2.24, 2.45) is 17.8 Å². The van der Waals surface area contributed by atoms with Crippen molar-refractivity contribution in [1.29, 1.82) is 0 Å². The van der Waals surface area contributed by atoms with Gasteiger partial charge in [-0.25, -0.2) is 4.39 Å². The van der Waals surface area contributed by atoms with Crippen molar-refractivity contribution in [1.82, 2.24) is 0 Å². The molecule has 162 valence electrons. The normalized spacial score (nSPS) is 22.5. The van der Waals surface area contributed by atoms with E-state index in [4.69, 9.17) is 4.74 Å². The van der Waals surface area contributed by atoms with E-state index in [1.54, 1.807) is 18.2 Å². The zero-order valence-corrected chi connectivity index (χ0v) is 17.3. The van der Waals surface area contributed by atoms with E-state index in [9.17, 15) is 18.8 Å². The number of fused-ring (bicyclic) bond motifs is 2. The van der Waals surface area contributed by atoms with Gasteiger partial charge in [0.05, 0.1) is 12.8 Å². The van der Waals surface area contributed by atoms with Gasteiger partial charge in [0, 0.05) is 29.0 Å². The molecule has 2 amide bonds. The summed E-state index contributed by atoms with van der Waals surface area (Å²) in [7, 11) is 1.48. The van der Waals surface area contributed by atoms with Crippen molar-refractivity contribution in [2.45, 2.75) is 32.1 Å². The molecule has 2 saturated carbocycles.